The Hall–Kier alpha value is -1.20. The van der Waals surface area contributed by atoms with Crippen LogP contribution in [-0.4, -0.2) is 54.6 Å². The monoisotopic (exact) mass is 250 g/mol. The average Bonchev–Trinajstić information content (AvgIpc) is 2.66. The number of amides is 2. The van der Waals surface area contributed by atoms with Crippen LogP contribution in [-0.2, 0) is 14.3 Å². The van der Waals surface area contributed by atoms with Crippen molar-refractivity contribution >= 4 is 11.8 Å². The van der Waals surface area contributed by atoms with Crippen LogP contribution in [0.15, 0.2) is 12.2 Å². The molecule has 18 heavy (non-hydrogen) atoms. The van der Waals surface area contributed by atoms with Crippen molar-refractivity contribution in [2.45, 2.75) is 12.8 Å². The number of ether oxygens (including phenoxy) is 1. The van der Waals surface area contributed by atoms with Crippen LogP contribution in [0.1, 0.15) is 12.8 Å². The van der Waals surface area contributed by atoms with Gasteiger partial charge in [0.2, 0.25) is 11.8 Å². The molecule has 2 atom stereocenters. The van der Waals surface area contributed by atoms with Crippen molar-refractivity contribution in [1.82, 2.24) is 9.80 Å². The fraction of sp³-hybridized carbons (Fsp3) is 0.692. The van der Waals surface area contributed by atoms with E-state index in [1.54, 1.807) is 0 Å². The van der Waals surface area contributed by atoms with Gasteiger partial charge in [0.1, 0.15) is 0 Å². The standard InChI is InChI=1S/C13H18N2O3/c16-12-10-3-1-2-4-11(10)13(17)15(12)9-14-5-7-18-8-6-14/h1-2,10-11H,3-9H2/t10-,11-/m1/s1. The van der Waals surface area contributed by atoms with Crippen molar-refractivity contribution in [3.05, 3.63) is 12.2 Å². The van der Waals surface area contributed by atoms with Crippen molar-refractivity contribution in [3.8, 4) is 0 Å². The lowest BCUT2D eigenvalue weighted by Crippen LogP contribution is -2.46. The second-order valence-corrected chi connectivity index (χ2v) is 5.13. The van der Waals surface area contributed by atoms with Gasteiger partial charge in [0, 0.05) is 13.1 Å². The highest BCUT2D eigenvalue weighted by Crippen LogP contribution is 2.35. The molecule has 1 aliphatic carbocycles. The van der Waals surface area contributed by atoms with E-state index >= 15 is 0 Å². The Kier molecular flexibility index (Phi) is 3.18. The molecule has 0 saturated carbocycles. The molecule has 0 unspecified atom stereocenters. The molecule has 0 spiro atoms. The third-order valence-corrected chi connectivity index (χ3v) is 4.04. The maximum Gasteiger partial charge on any atom is 0.234 e. The number of carbonyl (C=O) groups is 2. The van der Waals surface area contributed by atoms with Crippen LogP contribution in [0.2, 0.25) is 0 Å². The van der Waals surface area contributed by atoms with Gasteiger partial charge in [0.05, 0.1) is 31.7 Å². The van der Waals surface area contributed by atoms with Gasteiger partial charge in [0.25, 0.3) is 0 Å². The number of hydrogen-bond donors (Lipinski definition) is 0. The highest BCUT2D eigenvalue weighted by molar-refractivity contribution is 6.05. The highest BCUT2D eigenvalue weighted by Gasteiger charge is 2.47. The third-order valence-electron chi connectivity index (χ3n) is 4.04. The predicted molar refractivity (Wildman–Crippen MR) is 64.5 cm³/mol. The van der Waals surface area contributed by atoms with Crippen molar-refractivity contribution in [2.75, 3.05) is 33.0 Å². The van der Waals surface area contributed by atoms with Crippen molar-refractivity contribution in [3.63, 3.8) is 0 Å². The first-order valence-electron chi connectivity index (χ1n) is 6.57. The minimum atomic E-state index is -0.108. The molecule has 98 valence electrons. The molecule has 0 radical (unpaired) electrons. The summed E-state index contributed by atoms with van der Waals surface area (Å²) in [5, 5.41) is 0. The lowest BCUT2D eigenvalue weighted by Gasteiger charge is -2.29. The van der Waals surface area contributed by atoms with Crippen LogP contribution in [0.4, 0.5) is 0 Å². The topological polar surface area (TPSA) is 49.9 Å². The van der Waals surface area contributed by atoms with E-state index in [0.717, 1.165) is 25.9 Å². The van der Waals surface area contributed by atoms with E-state index in [2.05, 4.69) is 4.90 Å². The van der Waals surface area contributed by atoms with E-state index in [1.165, 1.54) is 4.90 Å². The molecule has 0 N–H and O–H groups in total. The summed E-state index contributed by atoms with van der Waals surface area (Å²) in [6.45, 7) is 3.40. The lowest BCUT2D eigenvalue weighted by molar-refractivity contribution is -0.143. The number of likely N-dealkylation sites (tertiary alicyclic amines) is 1. The van der Waals surface area contributed by atoms with Gasteiger partial charge in [-0.15, -0.1) is 0 Å². The number of morpholine rings is 1. The SMILES string of the molecule is O=C1[C@@H]2CC=CC[C@H]2C(=O)N1CN1CCOCC1. The molecular formula is C13H18N2O3. The summed E-state index contributed by atoms with van der Waals surface area (Å²) in [7, 11) is 0. The number of nitrogens with zero attached hydrogens (tertiary/aromatic N) is 2. The van der Waals surface area contributed by atoms with Crippen LogP contribution in [0.25, 0.3) is 0 Å². The smallest absolute Gasteiger partial charge is 0.234 e. The van der Waals surface area contributed by atoms with Crippen molar-refractivity contribution in [1.29, 1.82) is 0 Å². The summed E-state index contributed by atoms with van der Waals surface area (Å²) in [5.41, 5.74) is 0. The minimum absolute atomic E-state index is 0.0147. The zero-order chi connectivity index (χ0) is 12.5. The van der Waals surface area contributed by atoms with Gasteiger partial charge in [0.15, 0.2) is 0 Å². The Balaban J connectivity index is 1.69. The van der Waals surface area contributed by atoms with E-state index in [9.17, 15) is 9.59 Å². The zero-order valence-corrected chi connectivity index (χ0v) is 10.4. The summed E-state index contributed by atoms with van der Waals surface area (Å²) >= 11 is 0. The molecule has 5 nitrogen and oxygen atoms in total. The van der Waals surface area contributed by atoms with Gasteiger partial charge in [-0.05, 0) is 12.8 Å². The predicted octanol–water partition coefficient (Wildman–Crippen LogP) is 0.227. The fourth-order valence-corrected chi connectivity index (χ4v) is 2.95. The van der Waals surface area contributed by atoms with E-state index in [4.69, 9.17) is 4.74 Å². The maximum atomic E-state index is 12.2. The second kappa shape index (κ2) is 4.82. The normalized spacial score (nSPS) is 33.0. The van der Waals surface area contributed by atoms with E-state index < -0.39 is 0 Å². The number of hydrogen-bond acceptors (Lipinski definition) is 4. The summed E-state index contributed by atoms with van der Waals surface area (Å²) in [5.74, 6) is -0.186. The number of rotatable bonds is 2. The maximum absolute atomic E-state index is 12.2. The molecule has 2 saturated heterocycles. The quantitative estimate of drug-likeness (QED) is 0.520. The first kappa shape index (κ1) is 11.9. The third kappa shape index (κ3) is 1.97. The summed E-state index contributed by atoms with van der Waals surface area (Å²) in [4.78, 5) is 28.0. The van der Waals surface area contributed by atoms with Gasteiger partial charge in [-0.2, -0.15) is 0 Å². The Morgan fingerprint density at radius 3 is 2.17 bits per heavy atom. The Morgan fingerprint density at radius 1 is 1.06 bits per heavy atom. The molecule has 0 aromatic carbocycles. The van der Waals surface area contributed by atoms with E-state index in [1.807, 2.05) is 12.2 Å². The van der Waals surface area contributed by atoms with Crippen molar-refractivity contribution < 1.29 is 14.3 Å². The number of carbonyl (C=O) groups excluding carboxylic acids is 2. The molecule has 2 aliphatic heterocycles. The molecule has 2 fully saturated rings. The molecule has 0 aromatic rings. The van der Waals surface area contributed by atoms with Crippen LogP contribution in [0, 0.1) is 11.8 Å². The first-order chi connectivity index (χ1) is 8.77. The van der Waals surface area contributed by atoms with Gasteiger partial charge in [-0.1, -0.05) is 12.2 Å². The Bertz CT molecular complexity index is 362. The summed E-state index contributed by atoms with van der Waals surface area (Å²) in [6.07, 6.45) is 5.47. The molecule has 5 heteroatoms. The first-order valence-corrected chi connectivity index (χ1v) is 6.57. The number of allylic oxidation sites excluding steroid dienone is 2. The van der Waals surface area contributed by atoms with Gasteiger partial charge in [-0.3, -0.25) is 19.4 Å². The Morgan fingerprint density at radius 2 is 1.61 bits per heavy atom. The molecule has 3 rings (SSSR count). The molecule has 3 aliphatic rings. The van der Waals surface area contributed by atoms with E-state index in [-0.39, 0.29) is 23.7 Å². The van der Waals surface area contributed by atoms with Gasteiger partial charge in [-0.25, -0.2) is 0 Å². The lowest BCUT2D eigenvalue weighted by atomic mass is 9.85. The number of fused-ring (bicyclic) bond motifs is 1. The second-order valence-electron chi connectivity index (χ2n) is 5.13. The minimum Gasteiger partial charge on any atom is -0.379 e. The summed E-state index contributed by atoms with van der Waals surface area (Å²) in [6, 6.07) is 0. The van der Waals surface area contributed by atoms with E-state index in [0.29, 0.717) is 19.9 Å². The van der Waals surface area contributed by atoms with Crippen LogP contribution in [0.3, 0.4) is 0 Å². The van der Waals surface area contributed by atoms with Crippen LogP contribution >= 0.6 is 0 Å². The summed E-state index contributed by atoms with van der Waals surface area (Å²) < 4.78 is 5.27. The van der Waals surface area contributed by atoms with Crippen LogP contribution in [0.5, 0.6) is 0 Å². The average molecular weight is 250 g/mol. The van der Waals surface area contributed by atoms with Crippen molar-refractivity contribution in [2.24, 2.45) is 11.8 Å². The highest BCUT2D eigenvalue weighted by atomic mass is 16.5. The Labute approximate surface area is 106 Å². The molecule has 0 aromatic heterocycles. The zero-order valence-electron chi connectivity index (χ0n) is 10.4. The van der Waals surface area contributed by atoms with Gasteiger partial charge >= 0.3 is 0 Å². The molecule has 0 bridgehead atoms. The largest absolute Gasteiger partial charge is 0.379 e. The molecule has 2 amide bonds. The van der Waals surface area contributed by atoms with Gasteiger partial charge < -0.3 is 4.74 Å². The fourth-order valence-electron chi connectivity index (χ4n) is 2.95. The molecular weight excluding hydrogens is 232 g/mol. The molecule has 2 heterocycles. The van der Waals surface area contributed by atoms with Crippen LogP contribution < -0.4 is 0 Å². The number of imide groups is 1.